The number of benzene rings is 1. The molecule has 4 heteroatoms. The minimum absolute atomic E-state index is 0.324. The van der Waals surface area contributed by atoms with Crippen LogP contribution in [0.25, 0.3) is 0 Å². The van der Waals surface area contributed by atoms with Gasteiger partial charge in [0.05, 0.1) is 12.1 Å². The molecule has 2 atom stereocenters. The number of rotatable bonds is 3. The van der Waals surface area contributed by atoms with Gasteiger partial charge in [-0.15, -0.1) is 0 Å². The molecule has 0 radical (unpaired) electrons. The van der Waals surface area contributed by atoms with E-state index < -0.39 is 0 Å². The van der Waals surface area contributed by atoms with Crippen LogP contribution in [0.1, 0.15) is 43.0 Å². The molecule has 0 saturated heterocycles. The number of nitrogens with zero attached hydrogens (tertiary/aromatic N) is 3. The summed E-state index contributed by atoms with van der Waals surface area (Å²) in [6.45, 7) is 3.12. The van der Waals surface area contributed by atoms with Crippen LogP contribution >= 0.6 is 0 Å². The van der Waals surface area contributed by atoms with Crippen LogP contribution in [0, 0.1) is 0 Å². The summed E-state index contributed by atoms with van der Waals surface area (Å²) in [5.74, 6) is 0. The van der Waals surface area contributed by atoms with Crippen molar-refractivity contribution < 1.29 is 0 Å². The zero-order valence-electron chi connectivity index (χ0n) is 11.3. The SMILES string of the molecule is CCNC1c2ccccc2CCCC1n1cncn1. The molecular formula is C15H20N4. The fraction of sp³-hybridized carbons (Fsp3) is 0.467. The summed E-state index contributed by atoms with van der Waals surface area (Å²) in [7, 11) is 0. The Morgan fingerprint density at radius 1 is 1.37 bits per heavy atom. The summed E-state index contributed by atoms with van der Waals surface area (Å²) in [5, 5.41) is 7.98. The number of hydrogen-bond donors (Lipinski definition) is 1. The van der Waals surface area contributed by atoms with E-state index in [1.807, 2.05) is 11.0 Å². The van der Waals surface area contributed by atoms with Crippen molar-refractivity contribution in [2.45, 2.75) is 38.3 Å². The van der Waals surface area contributed by atoms with E-state index in [0.717, 1.165) is 19.4 Å². The number of aromatic nitrogens is 3. The molecule has 1 aliphatic rings. The summed E-state index contributed by atoms with van der Waals surface area (Å²) in [5.41, 5.74) is 2.89. The third-order valence-corrected chi connectivity index (χ3v) is 3.92. The van der Waals surface area contributed by atoms with E-state index in [4.69, 9.17) is 0 Å². The molecule has 1 N–H and O–H groups in total. The number of fused-ring (bicyclic) bond motifs is 1. The lowest BCUT2D eigenvalue weighted by Gasteiger charge is -2.27. The maximum atomic E-state index is 4.35. The number of likely N-dealkylation sites (N-methyl/N-ethyl adjacent to an activating group) is 1. The smallest absolute Gasteiger partial charge is 0.137 e. The Bertz CT molecular complexity index is 521. The molecule has 3 rings (SSSR count). The molecule has 19 heavy (non-hydrogen) atoms. The third kappa shape index (κ3) is 2.40. The van der Waals surface area contributed by atoms with Gasteiger partial charge in [0.25, 0.3) is 0 Å². The highest BCUT2D eigenvalue weighted by atomic mass is 15.3. The normalized spacial score (nSPS) is 22.8. The first-order valence-electron chi connectivity index (χ1n) is 7.05. The fourth-order valence-corrected chi connectivity index (χ4v) is 3.08. The van der Waals surface area contributed by atoms with Crippen LogP contribution in [-0.4, -0.2) is 21.3 Å². The van der Waals surface area contributed by atoms with Crippen molar-refractivity contribution in [3.8, 4) is 0 Å². The Morgan fingerprint density at radius 3 is 3.05 bits per heavy atom. The third-order valence-electron chi connectivity index (χ3n) is 3.92. The number of aryl methyl sites for hydroxylation is 1. The van der Waals surface area contributed by atoms with Crippen LogP contribution < -0.4 is 5.32 Å². The molecule has 1 aliphatic carbocycles. The van der Waals surface area contributed by atoms with Crippen LogP contribution in [0.5, 0.6) is 0 Å². The highest BCUT2D eigenvalue weighted by Crippen LogP contribution is 2.35. The van der Waals surface area contributed by atoms with Crippen LogP contribution in [0.2, 0.25) is 0 Å². The fourth-order valence-electron chi connectivity index (χ4n) is 3.08. The van der Waals surface area contributed by atoms with Crippen molar-refractivity contribution in [2.75, 3.05) is 6.54 Å². The maximum Gasteiger partial charge on any atom is 0.137 e. The largest absolute Gasteiger partial charge is 0.308 e. The second-order valence-corrected chi connectivity index (χ2v) is 5.07. The van der Waals surface area contributed by atoms with Crippen LogP contribution in [-0.2, 0) is 6.42 Å². The van der Waals surface area contributed by atoms with E-state index in [1.165, 1.54) is 17.5 Å². The highest BCUT2D eigenvalue weighted by molar-refractivity contribution is 5.32. The molecule has 1 aromatic heterocycles. The van der Waals surface area contributed by atoms with Crippen molar-refractivity contribution in [1.82, 2.24) is 20.1 Å². The molecule has 0 saturated carbocycles. The summed E-state index contributed by atoms with van der Waals surface area (Å²) in [4.78, 5) is 4.10. The Labute approximate surface area is 113 Å². The van der Waals surface area contributed by atoms with E-state index in [-0.39, 0.29) is 0 Å². The standard InChI is InChI=1S/C15H20N4/c1-2-17-15-13-8-4-3-6-12(13)7-5-9-14(15)19-11-16-10-18-19/h3-4,6,8,10-11,14-15,17H,2,5,7,9H2,1H3. The first kappa shape index (κ1) is 12.4. The zero-order chi connectivity index (χ0) is 13.1. The molecule has 1 heterocycles. The predicted octanol–water partition coefficient (Wildman–Crippen LogP) is 2.51. The average molecular weight is 256 g/mol. The van der Waals surface area contributed by atoms with Gasteiger partial charge in [-0.3, -0.25) is 0 Å². The summed E-state index contributed by atoms with van der Waals surface area (Å²) >= 11 is 0. The summed E-state index contributed by atoms with van der Waals surface area (Å²) < 4.78 is 2.01. The topological polar surface area (TPSA) is 42.7 Å². The van der Waals surface area contributed by atoms with Crippen molar-refractivity contribution >= 4 is 0 Å². The van der Waals surface area contributed by atoms with Gasteiger partial charge < -0.3 is 5.32 Å². The van der Waals surface area contributed by atoms with Crippen LogP contribution in [0.4, 0.5) is 0 Å². The monoisotopic (exact) mass is 256 g/mol. The van der Waals surface area contributed by atoms with E-state index in [2.05, 4.69) is 46.6 Å². The molecule has 0 bridgehead atoms. The Morgan fingerprint density at radius 2 is 2.26 bits per heavy atom. The number of nitrogens with one attached hydrogen (secondary N) is 1. The minimum atomic E-state index is 0.324. The van der Waals surface area contributed by atoms with Crippen molar-refractivity contribution in [3.05, 3.63) is 48.0 Å². The lowest BCUT2D eigenvalue weighted by atomic mass is 9.96. The van der Waals surface area contributed by atoms with Gasteiger partial charge in [-0.1, -0.05) is 31.2 Å². The second kappa shape index (κ2) is 5.53. The lowest BCUT2D eigenvalue weighted by molar-refractivity contribution is 0.318. The minimum Gasteiger partial charge on any atom is -0.308 e. The van der Waals surface area contributed by atoms with Gasteiger partial charge in [0, 0.05) is 0 Å². The summed E-state index contributed by atoms with van der Waals surface area (Å²) in [6.07, 6.45) is 6.95. The van der Waals surface area contributed by atoms with E-state index in [1.54, 1.807) is 6.33 Å². The number of hydrogen-bond acceptors (Lipinski definition) is 3. The Hall–Kier alpha value is -1.68. The molecule has 4 nitrogen and oxygen atoms in total. The molecule has 2 unspecified atom stereocenters. The molecule has 0 spiro atoms. The molecule has 100 valence electrons. The maximum absolute atomic E-state index is 4.35. The Balaban J connectivity index is 2.01. The van der Waals surface area contributed by atoms with Crippen LogP contribution in [0.15, 0.2) is 36.9 Å². The second-order valence-electron chi connectivity index (χ2n) is 5.07. The predicted molar refractivity (Wildman–Crippen MR) is 74.9 cm³/mol. The first-order valence-corrected chi connectivity index (χ1v) is 7.05. The lowest BCUT2D eigenvalue weighted by Crippen LogP contribution is -2.30. The molecule has 0 fully saturated rings. The van der Waals surface area contributed by atoms with Crippen LogP contribution in [0.3, 0.4) is 0 Å². The zero-order valence-corrected chi connectivity index (χ0v) is 11.3. The van der Waals surface area contributed by atoms with Gasteiger partial charge in [0.1, 0.15) is 12.7 Å². The van der Waals surface area contributed by atoms with Gasteiger partial charge in [-0.25, -0.2) is 9.67 Å². The quantitative estimate of drug-likeness (QED) is 0.858. The van der Waals surface area contributed by atoms with Gasteiger partial charge in [0.2, 0.25) is 0 Å². The highest BCUT2D eigenvalue weighted by Gasteiger charge is 2.28. The van der Waals surface area contributed by atoms with Gasteiger partial charge in [-0.2, -0.15) is 5.10 Å². The van der Waals surface area contributed by atoms with Gasteiger partial charge >= 0.3 is 0 Å². The average Bonchev–Trinajstić information content (AvgIpc) is 2.90. The Kier molecular flexibility index (Phi) is 3.60. The van der Waals surface area contributed by atoms with Gasteiger partial charge in [-0.05, 0) is 36.9 Å². The van der Waals surface area contributed by atoms with E-state index in [9.17, 15) is 0 Å². The molecule has 0 amide bonds. The van der Waals surface area contributed by atoms with Gasteiger partial charge in [0.15, 0.2) is 0 Å². The molecule has 1 aromatic carbocycles. The van der Waals surface area contributed by atoms with Crippen molar-refractivity contribution in [3.63, 3.8) is 0 Å². The summed E-state index contributed by atoms with van der Waals surface area (Å²) in [6, 6.07) is 9.45. The molecule has 0 aliphatic heterocycles. The van der Waals surface area contributed by atoms with Crippen molar-refractivity contribution in [2.24, 2.45) is 0 Å². The van der Waals surface area contributed by atoms with Crippen molar-refractivity contribution in [1.29, 1.82) is 0 Å². The van der Waals surface area contributed by atoms with E-state index >= 15 is 0 Å². The van der Waals surface area contributed by atoms with E-state index in [0.29, 0.717) is 12.1 Å². The first-order chi connectivity index (χ1) is 9.40. The molecule has 2 aromatic rings. The molecular weight excluding hydrogens is 236 g/mol.